The van der Waals surface area contributed by atoms with E-state index in [4.69, 9.17) is 39.1 Å². The standard InChI is InChI=1S/C19H13Cl2NO2/c1-3-8-24-19-17(21)10-13(11-18(19)23-2)9-14(12-22)15-6-4-5-7-16(15)20/h1,4-7,9-11H,8H2,2H3. The Balaban J connectivity index is 2.49. The zero-order valence-corrected chi connectivity index (χ0v) is 14.4. The van der Waals surface area contributed by atoms with E-state index in [2.05, 4.69) is 12.0 Å². The Hall–Kier alpha value is -2.59. The quantitative estimate of drug-likeness (QED) is 0.425. The number of methoxy groups -OCH3 is 1. The van der Waals surface area contributed by atoms with E-state index < -0.39 is 0 Å². The Morgan fingerprint density at radius 2 is 2.00 bits per heavy atom. The molecule has 0 bridgehead atoms. The van der Waals surface area contributed by atoms with Crippen molar-refractivity contribution in [2.24, 2.45) is 0 Å². The Labute approximate surface area is 151 Å². The summed E-state index contributed by atoms with van der Waals surface area (Å²) in [4.78, 5) is 0. The molecular weight excluding hydrogens is 345 g/mol. The van der Waals surface area contributed by atoms with Crippen LogP contribution in [0.25, 0.3) is 11.6 Å². The zero-order chi connectivity index (χ0) is 17.5. The van der Waals surface area contributed by atoms with Crippen LogP contribution >= 0.6 is 23.2 Å². The van der Waals surface area contributed by atoms with Gasteiger partial charge in [-0.1, -0.05) is 47.3 Å². The molecule has 0 atom stereocenters. The SMILES string of the molecule is C#CCOc1c(Cl)cc(C=C(C#N)c2ccccc2Cl)cc1OC. The molecule has 120 valence electrons. The molecule has 0 aliphatic carbocycles. The first kappa shape index (κ1) is 17.8. The largest absolute Gasteiger partial charge is 0.493 e. The molecule has 0 N–H and O–H groups in total. The Morgan fingerprint density at radius 1 is 1.25 bits per heavy atom. The van der Waals surface area contributed by atoms with Gasteiger partial charge in [-0.05, 0) is 29.8 Å². The number of allylic oxidation sites excluding steroid dienone is 1. The van der Waals surface area contributed by atoms with E-state index in [9.17, 15) is 5.26 Å². The van der Waals surface area contributed by atoms with Gasteiger partial charge < -0.3 is 9.47 Å². The second-order valence-electron chi connectivity index (χ2n) is 4.68. The van der Waals surface area contributed by atoms with Crippen LogP contribution in [0.1, 0.15) is 11.1 Å². The summed E-state index contributed by atoms with van der Waals surface area (Å²) in [7, 11) is 1.50. The fourth-order valence-electron chi connectivity index (χ4n) is 2.09. The third-order valence-electron chi connectivity index (χ3n) is 3.15. The second-order valence-corrected chi connectivity index (χ2v) is 5.49. The highest BCUT2D eigenvalue weighted by molar-refractivity contribution is 6.33. The fraction of sp³-hybridized carbons (Fsp3) is 0.105. The van der Waals surface area contributed by atoms with Gasteiger partial charge in [0.1, 0.15) is 6.61 Å². The summed E-state index contributed by atoms with van der Waals surface area (Å²) in [5.74, 6) is 3.17. The highest BCUT2D eigenvalue weighted by Crippen LogP contribution is 2.37. The molecule has 2 rings (SSSR count). The predicted molar refractivity (Wildman–Crippen MR) is 97.3 cm³/mol. The Kier molecular flexibility index (Phi) is 6.15. The second kappa shape index (κ2) is 8.31. The summed E-state index contributed by atoms with van der Waals surface area (Å²) in [6.07, 6.45) is 6.87. The number of ether oxygens (including phenoxy) is 2. The van der Waals surface area contributed by atoms with Gasteiger partial charge in [-0.3, -0.25) is 0 Å². The van der Waals surface area contributed by atoms with Gasteiger partial charge >= 0.3 is 0 Å². The molecule has 3 nitrogen and oxygen atoms in total. The molecule has 0 fully saturated rings. The monoisotopic (exact) mass is 357 g/mol. The maximum absolute atomic E-state index is 9.44. The molecule has 0 aliphatic heterocycles. The van der Waals surface area contributed by atoms with Gasteiger partial charge in [0.2, 0.25) is 0 Å². The third-order valence-corrected chi connectivity index (χ3v) is 3.76. The van der Waals surface area contributed by atoms with E-state index in [0.29, 0.717) is 38.2 Å². The number of terminal acetylenes is 1. The van der Waals surface area contributed by atoms with Crippen molar-refractivity contribution in [3.05, 3.63) is 57.6 Å². The van der Waals surface area contributed by atoms with E-state index in [0.717, 1.165) is 0 Å². The van der Waals surface area contributed by atoms with Crippen LogP contribution in [-0.4, -0.2) is 13.7 Å². The van der Waals surface area contributed by atoms with Gasteiger partial charge in [-0.15, -0.1) is 6.42 Å². The van der Waals surface area contributed by atoms with E-state index in [1.54, 1.807) is 36.4 Å². The van der Waals surface area contributed by atoms with E-state index >= 15 is 0 Å². The van der Waals surface area contributed by atoms with Gasteiger partial charge in [0.05, 0.1) is 23.8 Å². The lowest BCUT2D eigenvalue weighted by atomic mass is 10.0. The van der Waals surface area contributed by atoms with Crippen LogP contribution in [0.2, 0.25) is 10.0 Å². The molecule has 5 heteroatoms. The van der Waals surface area contributed by atoms with Crippen molar-refractivity contribution in [2.45, 2.75) is 0 Å². The Bertz CT molecular complexity index is 861. The van der Waals surface area contributed by atoms with Crippen molar-refractivity contribution in [1.82, 2.24) is 0 Å². The summed E-state index contributed by atoms with van der Waals surface area (Å²) < 4.78 is 10.7. The molecule has 0 heterocycles. The van der Waals surface area contributed by atoms with Crippen LogP contribution in [0, 0.1) is 23.7 Å². The van der Waals surface area contributed by atoms with Crippen LogP contribution in [-0.2, 0) is 0 Å². The number of rotatable bonds is 5. The average Bonchev–Trinajstić information content (AvgIpc) is 2.59. The maximum atomic E-state index is 9.44. The number of halogens is 2. The maximum Gasteiger partial charge on any atom is 0.181 e. The first-order valence-electron chi connectivity index (χ1n) is 6.91. The highest BCUT2D eigenvalue weighted by atomic mass is 35.5. The minimum Gasteiger partial charge on any atom is -0.493 e. The number of hydrogen-bond donors (Lipinski definition) is 0. The molecule has 0 spiro atoms. The minimum atomic E-state index is 0.0777. The summed E-state index contributed by atoms with van der Waals surface area (Å²) in [5.41, 5.74) is 1.74. The van der Waals surface area contributed by atoms with Crippen molar-refractivity contribution in [1.29, 1.82) is 5.26 Å². The third kappa shape index (κ3) is 4.03. The summed E-state index contributed by atoms with van der Waals surface area (Å²) >= 11 is 12.4. The number of benzene rings is 2. The van der Waals surface area contributed by atoms with Crippen molar-refractivity contribution in [2.75, 3.05) is 13.7 Å². The number of hydrogen-bond acceptors (Lipinski definition) is 3. The molecule has 0 saturated heterocycles. The van der Waals surface area contributed by atoms with Crippen LogP contribution in [0.4, 0.5) is 0 Å². The van der Waals surface area contributed by atoms with Gasteiger partial charge in [0.15, 0.2) is 11.5 Å². The number of nitriles is 1. The molecule has 2 aromatic carbocycles. The normalized spacial score (nSPS) is 10.6. The average molecular weight is 358 g/mol. The van der Waals surface area contributed by atoms with Gasteiger partial charge in [0.25, 0.3) is 0 Å². The summed E-state index contributed by atoms with van der Waals surface area (Å²) in [5, 5.41) is 10.3. The predicted octanol–water partition coefficient (Wildman–Crippen LogP) is 5.08. The lowest BCUT2D eigenvalue weighted by molar-refractivity contribution is 0.331. The molecule has 0 saturated carbocycles. The van der Waals surface area contributed by atoms with Crippen molar-refractivity contribution in [3.8, 4) is 29.9 Å². The molecule has 0 unspecified atom stereocenters. The molecule has 0 amide bonds. The molecule has 0 radical (unpaired) electrons. The summed E-state index contributed by atoms with van der Waals surface area (Å²) in [6.45, 7) is 0.0777. The lowest BCUT2D eigenvalue weighted by Gasteiger charge is -2.12. The smallest absolute Gasteiger partial charge is 0.181 e. The fourth-order valence-corrected chi connectivity index (χ4v) is 2.60. The molecule has 24 heavy (non-hydrogen) atoms. The zero-order valence-electron chi connectivity index (χ0n) is 12.8. The lowest BCUT2D eigenvalue weighted by Crippen LogP contribution is -1.98. The van der Waals surface area contributed by atoms with Crippen LogP contribution in [0.3, 0.4) is 0 Å². The van der Waals surface area contributed by atoms with E-state index in [-0.39, 0.29) is 6.61 Å². The first-order chi connectivity index (χ1) is 11.6. The van der Waals surface area contributed by atoms with Gasteiger partial charge in [-0.25, -0.2) is 0 Å². The van der Waals surface area contributed by atoms with Crippen LogP contribution in [0.15, 0.2) is 36.4 Å². The van der Waals surface area contributed by atoms with Crippen molar-refractivity contribution in [3.63, 3.8) is 0 Å². The molecule has 2 aromatic rings. The van der Waals surface area contributed by atoms with Gasteiger partial charge in [-0.2, -0.15) is 5.26 Å². The van der Waals surface area contributed by atoms with Crippen molar-refractivity contribution < 1.29 is 9.47 Å². The van der Waals surface area contributed by atoms with Crippen LogP contribution in [0.5, 0.6) is 11.5 Å². The van der Waals surface area contributed by atoms with Crippen LogP contribution < -0.4 is 9.47 Å². The highest BCUT2D eigenvalue weighted by Gasteiger charge is 2.12. The Morgan fingerprint density at radius 3 is 2.62 bits per heavy atom. The van der Waals surface area contributed by atoms with E-state index in [1.165, 1.54) is 7.11 Å². The molecule has 0 aliphatic rings. The minimum absolute atomic E-state index is 0.0777. The molecule has 0 aromatic heterocycles. The van der Waals surface area contributed by atoms with Crippen molar-refractivity contribution >= 4 is 34.9 Å². The van der Waals surface area contributed by atoms with Gasteiger partial charge in [0, 0.05) is 10.6 Å². The first-order valence-corrected chi connectivity index (χ1v) is 7.66. The topological polar surface area (TPSA) is 42.2 Å². The number of nitrogens with zero attached hydrogens (tertiary/aromatic N) is 1. The van der Waals surface area contributed by atoms with E-state index in [1.807, 2.05) is 6.07 Å². The molecular formula is C19H13Cl2NO2. The summed E-state index contributed by atoms with van der Waals surface area (Å²) in [6, 6.07) is 12.7.